The van der Waals surface area contributed by atoms with Crippen molar-refractivity contribution in [2.75, 3.05) is 0 Å². The maximum atomic E-state index is 12.9. The minimum Gasteiger partial charge on any atom is -0.361 e. The number of aromatic amines is 1. The summed E-state index contributed by atoms with van der Waals surface area (Å²) in [7, 11) is 0. The van der Waals surface area contributed by atoms with Gasteiger partial charge in [0.15, 0.2) is 0 Å². The molecule has 1 saturated carbocycles. The van der Waals surface area contributed by atoms with Crippen molar-refractivity contribution in [2.24, 2.45) is 0 Å². The molecule has 1 aromatic carbocycles. The molecule has 2 heterocycles. The van der Waals surface area contributed by atoms with Gasteiger partial charge in [0.2, 0.25) is 0 Å². The summed E-state index contributed by atoms with van der Waals surface area (Å²) in [4.78, 5) is 18.5. The average molecular weight is 308 g/mol. The fraction of sp³-hybridized carbons (Fsp3) is 0.450. The number of carbonyl (C=O) groups excluding carboxylic acids is 1. The lowest BCUT2D eigenvalue weighted by atomic mass is 9.91. The molecule has 1 amide bonds. The van der Waals surface area contributed by atoms with Crippen LogP contribution in [-0.2, 0) is 4.79 Å². The minimum atomic E-state index is 0.0988. The molecule has 1 aliphatic carbocycles. The van der Waals surface area contributed by atoms with Gasteiger partial charge in [-0.15, -0.1) is 0 Å². The standard InChI is InChI=1S/C20H24N2O/c1-13-14(2)20(23)22(15-8-4-3-5-9-15)19(13)17-12-21-18-11-7-6-10-16(17)18/h6-7,10-12,15,19,21H,3-5,8-9H2,1-2H3/t19-/m0/s1. The van der Waals surface area contributed by atoms with Crippen LogP contribution >= 0.6 is 0 Å². The van der Waals surface area contributed by atoms with E-state index in [-0.39, 0.29) is 11.9 Å². The van der Waals surface area contributed by atoms with Gasteiger partial charge in [0, 0.05) is 34.3 Å². The number of H-pyrrole nitrogens is 1. The smallest absolute Gasteiger partial charge is 0.250 e. The van der Waals surface area contributed by atoms with E-state index >= 15 is 0 Å². The van der Waals surface area contributed by atoms with Crippen LogP contribution < -0.4 is 0 Å². The zero-order chi connectivity index (χ0) is 16.0. The molecule has 0 radical (unpaired) electrons. The van der Waals surface area contributed by atoms with Gasteiger partial charge in [0.1, 0.15) is 0 Å². The van der Waals surface area contributed by atoms with Crippen molar-refractivity contribution in [3.63, 3.8) is 0 Å². The van der Waals surface area contributed by atoms with Crippen LogP contribution in [0.25, 0.3) is 10.9 Å². The molecule has 1 atom stereocenters. The fourth-order valence-corrected chi connectivity index (χ4v) is 4.33. The van der Waals surface area contributed by atoms with E-state index in [4.69, 9.17) is 0 Å². The second kappa shape index (κ2) is 5.55. The Labute approximate surface area is 137 Å². The van der Waals surface area contributed by atoms with Gasteiger partial charge in [0.25, 0.3) is 5.91 Å². The number of nitrogens with one attached hydrogen (secondary N) is 1. The summed E-state index contributed by atoms with van der Waals surface area (Å²) in [6, 6.07) is 8.88. The topological polar surface area (TPSA) is 36.1 Å². The number of amides is 1. The van der Waals surface area contributed by atoms with Gasteiger partial charge in [-0.05, 0) is 38.3 Å². The van der Waals surface area contributed by atoms with Gasteiger partial charge in [-0.1, -0.05) is 37.5 Å². The first-order chi connectivity index (χ1) is 11.2. The molecule has 0 spiro atoms. The molecule has 2 aromatic rings. The van der Waals surface area contributed by atoms with Crippen LogP contribution in [0.15, 0.2) is 41.6 Å². The Hall–Kier alpha value is -2.03. The molecule has 1 aromatic heterocycles. The van der Waals surface area contributed by atoms with Gasteiger partial charge < -0.3 is 9.88 Å². The maximum absolute atomic E-state index is 12.9. The summed E-state index contributed by atoms with van der Waals surface area (Å²) in [5.41, 5.74) is 4.54. The number of nitrogens with zero attached hydrogens (tertiary/aromatic N) is 1. The highest BCUT2D eigenvalue weighted by atomic mass is 16.2. The third-order valence-corrected chi connectivity index (χ3v) is 5.72. The largest absolute Gasteiger partial charge is 0.361 e. The van der Waals surface area contributed by atoms with E-state index in [0.29, 0.717) is 6.04 Å². The highest BCUT2D eigenvalue weighted by molar-refractivity contribution is 5.98. The molecule has 4 rings (SSSR count). The summed E-state index contributed by atoms with van der Waals surface area (Å²) in [6.45, 7) is 4.12. The third-order valence-electron chi connectivity index (χ3n) is 5.72. The molecular formula is C20H24N2O. The van der Waals surface area contributed by atoms with Gasteiger partial charge in [-0.25, -0.2) is 0 Å². The molecule has 3 nitrogen and oxygen atoms in total. The first-order valence-corrected chi connectivity index (χ1v) is 8.74. The Balaban J connectivity index is 1.81. The van der Waals surface area contributed by atoms with Gasteiger partial charge >= 0.3 is 0 Å². The Kier molecular flexibility index (Phi) is 3.51. The lowest BCUT2D eigenvalue weighted by molar-refractivity contribution is -0.130. The Bertz CT molecular complexity index is 780. The molecule has 1 aliphatic heterocycles. The van der Waals surface area contributed by atoms with Crippen molar-refractivity contribution in [2.45, 2.75) is 58.0 Å². The van der Waals surface area contributed by atoms with E-state index < -0.39 is 0 Å². The molecule has 23 heavy (non-hydrogen) atoms. The van der Waals surface area contributed by atoms with Crippen LogP contribution in [0.3, 0.4) is 0 Å². The zero-order valence-electron chi connectivity index (χ0n) is 13.9. The lowest BCUT2D eigenvalue weighted by Crippen LogP contribution is -2.40. The van der Waals surface area contributed by atoms with E-state index in [1.807, 2.05) is 6.92 Å². The number of fused-ring (bicyclic) bond motifs is 1. The number of aromatic nitrogens is 1. The highest BCUT2D eigenvalue weighted by Crippen LogP contribution is 2.43. The average Bonchev–Trinajstić information content (AvgIpc) is 3.10. The first-order valence-electron chi connectivity index (χ1n) is 8.74. The molecule has 1 fully saturated rings. The van der Waals surface area contributed by atoms with E-state index in [1.165, 1.54) is 35.8 Å². The Morgan fingerprint density at radius 1 is 1.09 bits per heavy atom. The normalized spacial score (nSPS) is 23.3. The van der Waals surface area contributed by atoms with Crippen molar-refractivity contribution < 1.29 is 4.79 Å². The van der Waals surface area contributed by atoms with Crippen molar-refractivity contribution in [3.8, 4) is 0 Å². The summed E-state index contributed by atoms with van der Waals surface area (Å²) in [5, 5.41) is 1.24. The van der Waals surface area contributed by atoms with E-state index in [9.17, 15) is 4.79 Å². The van der Waals surface area contributed by atoms with E-state index in [0.717, 1.165) is 23.9 Å². The minimum absolute atomic E-state index is 0.0988. The van der Waals surface area contributed by atoms with Crippen molar-refractivity contribution >= 4 is 16.8 Å². The fourth-order valence-electron chi connectivity index (χ4n) is 4.33. The molecule has 0 bridgehead atoms. The number of benzene rings is 1. The quantitative estimate of drug-likeness (QED) is 0.856. The van der Waals surface area contributed by atoms with Crippen LogP contribution in [0.4, 0.5) is 0 Å². The van der Waals surface area contributed by atoms with Crippen LogP contribution in [0.2, 0.25) is 0 Å². The third kappa shape index (κ3) is 2.21. The van der Waals surface area contributed by atoms with E-state index in [1.54, 1.807) is 0 Å². The molecule has 2 aliphatic rings. The van der Waals surface area contributed by atoms with Crippen LogP contribution in [0, 0.1) is 0 Å². The van der Waals surface area contributed by atoms with Crippen LogP contribution in [0.5, 0.6) is 0 Å². The second-order valence-electron chi connectivity index (χ2n) is 7.00. The van der Waals surface area contributed by atoms with Gasteiger partial charge in [-0.3, -0.25) is 4.79 Å². The summed E-state index contributed by atoms with van der Waals surface area (Å²) >= 11 is 0. The second-order valence-corrected chi connectivity index (χ2v) is 7.00. The Morgan fingerprint density at radius 3 is 2.61 bits per heavy atom. The number of rotatable bonds is 2. The molecule has 0 saturated heterocycles. The molecule has 1 N–H and O–H groups in total. The lowest BCUT2D eigenvalue weighted by Gasteiger charge is -2.36. The summed E-state index contributed by atoms with van der Waals surface area (Å²) < 4.78 is 0. The zero-order valence-corrected chi connectivity index (χ0v) is 13.9. The predicted molar refractivity (Wildman–Crippen MR) is 93.1 cm³/mol. The molecular weight excluding hydrogens is 284 g/mol. The molecule has 3 heteroatoms. The number of para-hydroxylation sites is 1. The molecule has 120 valence electrons. The van der Waals surface area contributed by atoms with Crippen LogP contribution in [0.1, 0.15) is 57.6 Å². The van der Waals surface area contributed by atoms with Gasteiger partial charge in [-0.2, -0.15) is 0 Å². The number of carbonyl (C=O) groups is 1. The first kappa shape index (κ1) is 14.6. The predicted octanol–water partition coefficient (Wildman–Crippen LogP) is 4.72. The van der Waals surface area contributed by atoms with Crippen molar-refractivity contribution in [1.29, 1.82) is 0 Å². The van der Waals surface area contributed by atoms with E-state index in [2.05, 4.69) is 47.3 Å². The Morgan fingerprint density at radius 2 is 1.83 bits per heavy atom. The maximum Gasteiger partial charge on any atom is 0.250 e. The van der Waals surface area contributed by atoms with Gasteiger partial charge in [0.05, 0.1) is 6.04 Å². The SMILES string of the molecule is CC1=C(C)[C@@H](c2c[nH]c3ccccc23)N(C2CCCCC2)C1=O. The molecule has 0 unspecified atom stereocenters. The highest BCUT2D eigenvalue weighted by Gasteiger charge is 2.40. The monoisotopic (exact) mass is 308 g/mol. The summed E-state index contributed by atoms with van der Waals surface area (Å²) in [6.07, 6.45) is 8.18. The number of hydrogen-bond donors (Lipinski definition) is 1. The van der Waals surface area contributed by atoms with Crippen molar-refractivity contribution in [3.05, 3.63) is 47.2 Å². The summed E-state index contributed by atoms with van der Waals surface area (Å²) in [5.74, 6) is 0.240. The number of hydrogen-bond acceptors (Lipinski definition) is 1. The van der Waals surface area contributed by atoms with Crippen LogP contribution in [-0.4, -0.2) is 21.8 Å². The van der Waals surface area contributed by atoms with Crippen molar-refractivity contribution in [1.82, 2.24) is 9.88 Å².